The lowest BCUT2D eigenvalue weighted by molar-refractivity contribution is -0.162. The lowest BCUT2D eigenvalue weighted by atomic mass is 9.95. The van der Waals surface area contributed by atoms with E-state index in [9.17, 15) is 29.1 Å². The van der Waals surface area contributed by atoms with Gasteiger partial charge in [-0.15, -0.1) is 23.1 Å². The molecule has 2 unspecified atom stereocenters. The number of β-lactam (4-membered cyclic amide) rings is 1. The van der Waals surface area contributed by atoms with E-state index in [4.69, 9.17) is 14.2 Å². The second-order valence-electron chi connectivity index (χ2n) is 7.93. The number of aliphatic carboxylic acids is 1. The van der Waals surface area contributed by atoms with E-state index >= 15 is 0 Å². The van der Waals surface area contributed by atoms with Crippen molar-refractivity contribution in [3.63, 3.8) is 0 Å². The fourth-order valence-corrected chi connectivity index (χ4v) is 6.43. The fraction of sp³-hybridized carbons (Fsp3) is 0.522. The smallest absolute Gasteiger partial charge is 0.352 e. The number of methoxy groups -OCH3 is 1. The van der Waals surface area contributed by atoms with E-state index in [2.05, 4.69) is 5.32 Å². The predicted molar refractivity (Wildman–Crippen MR) is 130 cm³/mol. The molecule has 3 rings (SSSR count). The third kappa shape index (κ3) is 5.90. The van der Waals surface area contributed by atoms with Gasteiger partial charge in [-0.3, -0.25) is 24.1 Å². The van der Waals surface area contributed by atoms with Gasteiger partial charge in [0.1, 0.15) is 17.1 Å². The molecule has 2 aliphatic heterocycles. The second-order valence-corrected chi connectivity index (χ2v) is 10.3. The van der Waals surface area contributed by atoms with Crippen molar-refractivity contribution < 1.29 is 43.3 Å². The summed E-state index contributed by atoms with van der Waals surface area (Å²) < 4.78 is 15.3. The van der Waals surface area contributed by atoms with Crippen molar-refractivity contribution in [1.82, 2.24) is 10.2 Å². The number of esters is 2. The lowest BCUT2D eigenvalue weighted by Gasteiger charge is -2.51. The normalized spacial score (nSPS) is 21.1. The maximum Gasteiger partial charge on any atom is 0.352 e. The summed E-state index contributed by atoms with van der Waals surface area (Å²) in [5.41, 5.74) is -0.0209. The van der Waals surface area contributed by atoms with Crippen LogP contribution < -0.4 is 5.32 Å². The Morgan fingerprint density at radius 1 is 1.17 bits per heavy atom. The number of thioether (sulfide) groups is 1. The highest BCUT2D eigenvalue weighted by Gasteiger charge is 2.56. The van der Waals surface area contributed by atoms with Crippen molar-refractivity contribution in [1.29, 1.82) is 0 Å². The summed E-state index contributed by atoms with van der Waals surface area (Å²) in [5.74, 6) is -5.12. The fourth-order valence-electron chi connectivity index (χ4n) is 4.07. The van der Waals surface area contributed by atoms with E-state index in [1.807, 2.05) is 11.4 Å². The minimum atomic E-state index is -1.35. The first-order valence-electron chi connectivity index (χ1n) is 11.3. The van der Waals surface area contributed by atoms with Gasteiger partial charge in [-0.1, -0.05) is 6.07 Å². The molecule has 1 aromatic heterocycles. The van der Waals surface area contributed by atoms with Crippen LogP contribution in [0.15, 0.2) is 28.8 Å². The third-order valence-electron chi connectivity index (χ3n) is 5.61. The number of ether oxygens (including phenoxy) is 3. The molecular formula is C23H28N2O9S2. The minimum absolute atomic E-state index is 0.0525. The molecule has 0 spiro atoms. The third-order valence-corrected chi connectivity index (χ3v) is 8.05. The van der Waals surface area contributed by atoms with E-state index < -0.39 is 46.4 Å². The largest absolute Gasteiger partial charge is 0.477 e. The molecule has 11 nitrogen and oxygen atoms in total. The molecule has 2 amide bonds. The highest BCUT2D eigenvalue weighted by atomic mass is 32.2. The number of hydrogen-bond acceptors (Lipinski definition) is 10. The van der Waals surface area contributed by atoms with Crippen molar-refractivity contribution in [2.24, 2.45) is 5.92 Å². The quantitative estimate of drug-likeness (QED) is 0.225. The van der Waals surface area contributed by atoms with Crippen LogP contribution in [0.4, 0.5) is 0 Å². The topological polar surface area (TPSA) is 149 Å². The number of hydrogen-bond donors (Lipinski definition) is 2. The molecule has 0 saturated carbocycles. The number of amides is 2. The van der Waals surface area contributed by atoms with Crippen LogP contribution in [-0.2, 0) is 44.6 Å². The van der Waals surface area contributed by atoms with Gasteiger partial charge in [-0.2, -0.15) is 0 Å². The number of thiophene rings is 1. The number of nitrogens with zero attached hydrogens (tertiary/aromatic N) is 1. The van der Waals surface area contributed by atoms with E-state index in [-0.39, 0.29) is 49.8 Å². The Kier molecular flexibility index (Phi) is 9.51. The summed E-state index contributed by atoms with van der Waals surface area (Å²) in [7, 11) is 1.37. The van der Waals surface area contributed by atoms with Gasteiger partial charge >= 0.3 is 17.9 Å². The van der Waals surface area contributed by atoms with Crippen LogP contribution in [0.1, 0.15) is 25.1 Å². The van der Waals surface area contributed by atoms with Gasteiger partial charge in [0, 0.05) is 17.2 Å². The summed E-state index contributed by atoms with van der Waals surface area (Å²) in [4.78, 5) is 64.8. The van der Waals surface area contributed by atoms with Crippen LogP contribution in [0.2, 0.25) is 0 Å². The Labute approximate surface area is 216 Å². The molecule has 196 valence electrons. The molecule has 0 bridgehead atoms. The monoisotopic (exact) mass is 540 g/mol. The van der Waals surface area contributed by atoms with E-state index in [1.54, 1.807) is 19.9 Å². The van der Waals surface area contributed by atoms with Gasteiger partial charge in [0.15, 0.2) is 5.92 Å². The highest BCUT2D eigenvalue weighted by molar-refractivity contribution is 8.00. The first kappa shape index (κ1) is 27.7. The number of nitrogens with one attached hydrogen (secondary N) is 1. The SMILES string of the molecule is CCOC(=O)C(CC1S[C@@H]2C(NC(=O)Cc3cccs3)C(=O)N2C(C(=O)O)=C1COC)C(=O)OCC. The van der Waals surface area contributed by atoms with Crippen LogP contribution in [0, 0.1) is 5.92 Å². The first-order chi connectivity index (χ1) is 17.2. The molecule has 36 heavy (non-hydrogen) atoms. The average Bonchev–Trinajstić information content (AvgIpc) is 3.34. The minimum Gasteiger partial charge on any atom is -0.477 e. The van der Waals surface area contributed by atoms with Gasteiger partial charge in [0.05, 0.1) is 26.2 Å². The van der Waals surface area contributed by atoms with Gasteiger partial charge in [0.25, 0.3) is 5.91 Å². The van der Waals surface area contributed by atoms with Crippen LogP contribution in [0.5, 0.6) is 0 Å². The molecule has 2 aliphatic rings. The van der Waals surface area contributed by atoms with Gasteiger partial charge in [-0.05, 0) is 37.3 Å². The van der Waals surface area contributed by atoms with Gasteiger partial charge < -0.3 is 24.6 Å². The number of carboxylic acid groups (broad SMARTS) is 1. The molecule has 1 aromatic rings. The van der Waals surface area contributed by atoms with Crippen molar-refractivity contribution in [2.45, 2.75) is 43.4 Å². The Bertz CT molecular complexity index is 1020. The molecule has 2 N–H and O–H groups in total. The molecule has 0 aliphatic carbocycles. The number of carbonyl (C=O) groups is 5. The molecule has 0 aromatic carbocycles. The van der Waals surface area contributed by atoms with Crippen molar-refractivity contribution >= 4 is 52.8 Å². The van der Waals surface area contributed by atoms with Gasteiger partial charge in [-0.25, -0.2) is 4.79 Å². The molecule has 0 radical (unpaired) electrons. The highest BCUT2D eigenvalue weighted by Crippen LogP contribution is 2.46. The van der Waals surface area contributed by atoms with Crippen molar-refractivity contribution in [3.8, 4) is 0 Å². The predicted octanol–water partition coefficient (Wildman–Crippen LogP) is 1.18. The van der Waals surface area contributed by atoms with Crippen molar-refractivity contribution in [3.05, 3.63) is 33.7 Å². The van der Waals surface area contributed by atoms with Crippen molar-refractivity contribution in [2.75, 3.05) is 26.9 Å². The molecular weight excluding hydrogens is 512 g/mol. The lowest BCUT2D eigenvalue weighted by Crippen LogP contribution is -2.71. The number of rotatable bonds is 12. The van der Waals surface area contributed by atoms with Crippen LogP contribution in [-0.4, -0.2) is 83.3 Å². The molecule has 1 fully saturated rings. The maximum absolute atomic E-state index is 12.9. The summed E-state index contributed by atoms with van der Waals surface area (Å²) >= 11 is 2.60. The Morgan fingerprint density at radius 2 is 1.83 bits per heavy atom. The summed E-state index contributed by atoms with van der Waals surface area (Å²) in [6.45, 7) is 3.18. The first-order valence-corrected chi connectivity index (χ1v) is 13.1. The van der Waals surface area contributed by atoms with Crippen LogP contribution in [0.3, 0.4) is 0 Å². The zero-order chi connectivity index (χ0) is 26.4. The number of fused-ring (bicyclic) bond motifs is 1. The van der Waals surface area contributed by atoms with Crippen LogP contribution in [0.25, 0.3) is 0 Å². The molecule has 3 heterocycles. The van der Waals surface area contributed by atoms with E-state index in [1.165, 1.54) is 30.2 Å². The summed E-state index contributed by atoms with van der Waals surface area (Å²) in [5, 5.41) is 13.1. The van der Waals surface area contributed by atoms with Crippen LogP contribution >= 0.6 is 23.1 Å². The number of carboxylic acids is 1. The molecule has 13 heteroatoms. The standard InChI is InChI=1S/C23H28N2O9S2/c1-4-33-22(30)13(23(31)34-5-2)10-15-14(11-32-3)18(21(28)29)25-19(27)17(20(25)36-15)24-16(26)9-12-7-6-8-35-12/h6-8,13,15,17,20H,4-5,9-11H2,1-3H3,(H,24,26)(H,28,29)/t15?,17?,20-/m1/s1. The Balaban J connectivity index is 1.89. The maximum atomic E-state index is 12.9. The van der Waals surface area contributed by atoms with E-state index in [0.29, 0.717) is 0 Å². The summed E-state index contributed by atoms with van der Waals surface area (Å²) in [6, 6.07) is 2.67. The Morgan fingerprint density at radius 3 is 2.36 bits per heavy atom. The average molecular weight is 541 g/mol. The summed E-state index contributed by atoms with van der Waals surface area (Å²) in [6.07, 6.45) is -0.0290. The number of carbonyl (C=O) groups excluding carboxylic acids is 4. The zero-order valence-electron chi connectivity index (χ0n) is 20.1. The molecule has 1 saturated heterocycles. The second kappa shape index (κ2) is 12.4. The van der Waals surface area contributed by atoms with E-state index in [0.717, 1.165) is 9.78 Å². The molecule has 3 atom stereocenters. The Hall–Kier alpha value is -2.90. The zero-order valence-corrected chi connectivity index (χ0v) is 21.7. The van der Waals surface area contributed by atoms with Gasteiger partial charge in [0.2, 0.25) is 5.91 Å².